The second-order valence-corrected chi connectivity index (χ2v) is 7.26. The van der Waals surface area contributed by atoms with Crippen LogP contribution in [0.15, 0.2) is 72.8 Å². The van der Waals surface area contributed by atoms with Gasteiger partial charge in [0.15, 0.2) is 0 Å². The molecule has 0 saturated heterocycles. The predicted octanol–water partition coefficient (Wildman–Crippen LogP) is 6.63. The number of anilines is 2. The van der Waals surface area contributed by atoms with Crippen molar-refractivity contribution in [3.05, 3.63) is 78.4 Å². The van der Waals surface area contributed by atoms with Gasteiger partial charge < -0.3 is 10.6 Å². The molecule has 3 aromatic carbocycles. The summed E-state index contributed by atoms with van der Waals surface area (Å²) in [6.07, 6.45) is -4.41. The minimum atomic E-state index is -4.41. The summed E-state index contributed by atoms with van der Waals surface area (Å²) < 4.78 is 39.4. The summed E-state index contributed by atoms with van der Waals surface area (Å²) in [5, 5.41) is 6.04. The van der Waals surface area contributed by atoms with Crippen LogP contribution < -0.4 is 10.6 Å². The fraction of sp³-hybridized carbons (Fsp3) is 0.0476. The summed E-state index contributed by atoms with van der Waals surface area (Å²) in [5.41, 5.74) is 1.48. The Hall–Kier alpha value is -3.39. The van der Waals surface area contributed by atoms with E-state index in [1.54, 1.807) is 36.4 Å². The van der Waals surface area contributed by atoms with E-state index in [0.717, 1.165) is 12.1 Å². The lowest BCUT2D eigenvalue weighted by Crippen LogP contribution is -2.19. The molecule has 0 fully saturated rings. The molecule has 4 nitrogen and oxygen atoms in total. The van der Waals surface area contributed by atoms with Gasteiger partial charge in [-0.15, -0.1) is 11.3 Å². The van der Waals surface area contributed by atoms with Crippen LogP contribution in [0.5, 0.6) is 0 Å². The summed E-state index contributed by atoms with van der Waals surface area (Å²) in [7, 11) is 0. The standard InChI is InChI=1S/C21H14F3N3OS/c22-21(23,24)14-9-10-18-17(12-14)27-19(29-18)13-5-4-8-16(11-13)26-20(28)25-15-6-2-1-3-7-15/h1-12H,(H2,25,26,28). The summed E-state index contributed by atoms with van der Waals surface area (Å²) >= 11 is 1.29. The average Bonchev–Trinajstić information content (AvgIpc) is 3.12. The van der Waals surface area contributed by atoms with E-state index in [2.05, 4.69) is 15.6 Å². The Morgan fingerprint density at radius 1 is 0.862 bits per heavy atom. The number of amides is 2. The molecule has 8 heteroatoms. The molecule has 2 amide bonds. The molecular formula is C21H14F3N3OS. The number of carbonyl (C=O) groups is 1. The highest BCUT2D eigenvalue weighted by Crippen LogP contribution is 2.35. The maximum Gasteiger partial charge on any atom is 0.416 e. The van der Waals surface area contributed by atoms with Gasteiger partial charge >= 0.3 is 12.2 Å². The molecule has 0 bridgehead atoms. The van der Waals surface area contributed by atoms with E-state index in [4.69, 9.17) is 0 Å². The van der Waals surface area contributed by atoms with Gasteiger partial charge in [0.25, 0.3) is 0 Å². The van der Waals surface area contributed by atoms with Gasteiger partial charge in [0, 0.05) is 16.9 Å². The second-order valence-electron chi connectivity index (χ2n) is 6.23. The van der Waals surface area contributed by atoms with Crippen LogP contribution >= 0.6 is 11.3 Å². The number of hydrogen-bond donors (Lipinski definition) is 2. The van der Waals surface area contributed by atoms with Crippen molar-refractivity contribution in [2.45, 2.75) is 6.18 Å². The van der Waals surface area contributed by atoms with Crippen LogP contribution in [0.2, 0.25) is 0 Å². The molecule has 0 spiro atoms. The molecule has 4 rings (SSSR count). The molecule has 1 heterocycles. The number of rotatable bonds is 3. The highest BCUT2D eigenvalue weighted by atomic mass is 32.1. The fourth-order valence-electron chi connectivity index (χ4n) is 2.77. The van der Waals surface area contributed by atoms with Crippen LogP contribution in [0.3, 0.4) is 0 Å². The Morgan fingerprint density at radius 3 is 2.34 bits per heavy atom. The van der Waals surface area contributed by atoms with Gasteiger partial charge in [-0.3, -0.25) is 0 Å². The number of thiazole rings is 1. The first-order valence-corrected chi connectivity index (χ1v) is 9.41. The van der Waals surface area contributed by atoms with Crippen LogP contribution in [0.1, 0.15) is 5.56 Å². The SMILES string of the molecule is O=C(Nc1ccccc1)Nc1cccc(-c2nc3cc(C(F)(F)F)ccc3s2)c1. The van der Waals surface area contributed by atoms with Gasteiger partial charge in [-0.2, -0.15) is 13.2 Å². The number of carbonyl (C=O) groups excluding carboxylic acids is 1. The highest BCUT2D eigenvalue weighted by Gasteiger charge is 2.30. The fourth-order valence-corrected chi connectivity index (χ4v) is 3.71. The van der Waals surface area contributed by atoms with Crippen LogP contribution in [0, 0.1) is 0 Å². The molecule has 0 aliphatic heterocycles. The highest BCUT2D eigenvalue weighted by molar-refractivity contribution is 7.21. The molecule has 0 aliphatic rings. The molecule has 4 aromatic rings. The zero-order valence-electron chi connectivity index (χ0n) is 14.8. The van der Waals surface area contributed by atoms with Gasteiger partial charge in [0.1, 0.15) is 5.01 Å². The van der Waals surface area contributed by atoms with Gasteiger partial charge in [-0.1, -0.05) is 30.3 Å². The van der Waals surface area contributed by atoms with Gasteiger partial charge in [0.05, 0.1) is 15.8 Å². The minimum absolute atomic E-state index is 0.292. The Bertz CT molecular complexity index is 1170. The number of nitrogens with one attached hydrogen (secondary N) is 2. The number of halogens is 3. The summed E-state index contributed by atoms with van der Waals surface area (Å²) in [5.74, 6) is 0. The largest absolute Gasteiger partial charge is 0.416 e. The molecular weight excluding hydrogens is 399 g/mol. The van der Waals surface area contributed by atoms with Crippen LogP contribution in [0.25, 0.3) is 20.8 Å². The number of fused-ring (bicyclic) bond motifs is 1. The molecule has 146 valence electrons. The van der Waals surface area contributed by atoms with E-state index in [-0.39, 0.29) is 0 Å². The third kappa shape index (κ3) is 4.38. The molecule has 2 N–H and O–H groups in total. The van der Waals surface area contributed by atoms with Crippen molar-refractivity contribution in [2.24, 2.45) is 0 Å². The van der Waals surface area contributed by atoms with Crippen molar-refractivity contribution in [3.63, 3.8) is 0 Å². The Kier molecular flexibility index (Phi) is 4.94. The quantitative estimate of drug-likeness (QED) is 0.396. The van der Waals surface area contributed by atoms with E-state index in [9.17, 15) is 18.0 Å². The summed E-state index contributed by atoms with van der Waals surface area (Å²) in [6, 6.07) is 19.1. The number of aromatic nitrogens is 1. The molecule has 0 atom stereocenters. The van der Waals surface area contributed by atoms with Gasteiger partial charge in [-0.05, 0) is 42.5 Å². The number of alkyl halides is 3. The Labute approximate surface area is 168 Å². The van der Waals surface area contributed by atoms with Crippen LogP contribution in [-0.2, 0) is 6.18 Å². The van der Waals surface area contributed by atoms with Gasteiger partial charge in [-0.25, -0.2) is 9.78 Å². The minimum Gasteiger partial charge on any atom is -0.308 e. The van der Waals surface area contributed by atoms with E-state index in [1.165, 1.54) is 17.4 Å². The van der Waals surface area contributed by atoms with Crippen LogP contribution in [0.4, 0.5) is 29.3 Å². The number of para-hydroxylation sites is 1. The first kappa shape index (κ1) is 18.9. The monoisotopic (exact) mass is 413 g/mol. The zero-order chi connectivity index (χ0) is 20.4. The van der Waals surface area contributed by atoms with E-state index in [1.807, 2.05) is 18.2 Å². The average molecular weight is 413 g/mol. The van der Waals surface area contributed by atoms with Crippen molar-refractivity contribution in [1.82, 2.24) is 4.98 Å². The Morgan fingerprint density at radius 2 is 1.59 bits per heavy atom. The normalized spacial score (nSPS) is 11.4. The van der Waals surface area contributed by atoms with Crippen molar-refractivity contribution in [1.29, 1.82) is 0 Å². The first-order chi connectivity index (χ1) is 13.9. The van der Waals surface area contributed by atoms with E-state index >= 15 is 0 Å². The third-order valence-corrected chi connectivity index (χ3v) is 5.20. The van der Waals surface area contributed by atoms with E-state index < -0.39 is 17.8 Å². The number of nitrogens with zero attached hydrogens (tertiary/aromatic N) is 1. The lowest BCUT2D eigenvalue weighted by Gasteiger charge is -2.08. The smallest absolute Gasteiger partial charge is 0.308 e. The lowest BCUT2D eigenvalue weighted by molar-refractivity contribution is -0.137. The molecule has 0 radical (unpaired) electrons. The predicted molar refractivity (Wildman–Crippen MR) is 109 cm³/mol. The molecule has 29 heavy (non-hydrogen) atoms. The van der Waals surface area contributed by atoms with Crippen LogP contribution in [-0.4, -0.2) is 11.0 Å². The maximum atomic E-state index is 12.9. The number of benzene rings is 3. The first-order valence-electron chi connectivity index (χ1n) is 8.60. The lowest BCUT2D eigenvalue weighted by atomic mass is 10.2. The third-order valence-electron chi connectivity index (χ3n) is 4.11. The van der Waals surface area contributed by atoms with Crippen molar-refractivity contribution >= 4 is 39.0 Å². The van der Waals surface area contributed by atoms with Gasteiger partial charge in [0.2, 0.25) is 0 Å². The van der Waals surface area contributed by atoms with E-state index in [0.29, 0.717) is 32.2 Å². The summed E-state index contributed by atoms with van der Waals surface area (Å²) in [4.78, 5) is 16.5. The summed E-state index contributed by atoms with van der Waals surface area (Å²) in [6.45, 7) is 0. The number of urea groups is 1. The van der Waals surface area contributed by atoms with Crippen molar-refractivity contribution in [2.75, 3.05) is 10.6 Å². The molecule has 0 unspecified atom stereocenters. The molecule has 1 aromatic heterocycles. The maximum absolute atomic E-state index is 12.9. The topological polar surface area (TPSA) is 54.0 Å². The zero-order valence-corrected chi connectivity index (χ0v) is 15.6. The second kappa shape index (κ2) is 7.56. The Balaban J connectivity index is 1.56. The van der Waals surface area contributed by atoms with Crippen molar-refractivity contribution < 1.29 is 18.0 Å². The van der Waals surface area contributed by atoms with Crippen molar-refractivity contribution in [3.8, 4) is 10.6 Å². The molecule has 0 aliphatic carbocycles. The number of hydrogen-bond acceptors (Lipinski definition) is 3. The molecule has 0 saturated carbocycles.